The molecule has 1 aliphatic heterocycles. The number of halogens is 2. The Morgan fingerprint density at radius 2 is 2.00 bits per heavy atom. The second kappa shape index (κ2) is 7.73. The van der Waals surface area contributed by atoms with Crippen molar-refractivity contribution in [2.24, 2.45) is 0 Å². The highest BCUT2D eigenvalue weighted by Crippen LogP contribution is 2.27. The van der Waals surface area contributed by atoms with Crippen molar-refractivity contribution in [3.05, 3.63) is 68.3 Å². The van der Waals surface area contributed by atoms with Crippen molar-refractivity contribution in [2.45, 2.75) is 46.1 Å². The van der Waals surface area contributed by atoms with Crippen LogP contribution in [0.15, 0.2) is 28.1 Å². The molecule has 3 N–H and O–H groups in total. The largest absolute Gasteiger partial charge is 0.379 e. The zero-order valence-electron chi connectivity index (χ0n) is 16.2. The van der Waals surface area contributed by atoms with Gasteiger partial charge in [0, 0.05) is 37.2 Å². The molecule has 1 aromatic rings. The van der Waals surface area contributed by atoms with Crippen LogP contribution in [0.5, 0.6) is 0 Å². The Kier molecular flexibility index (Phi) is 5.54. The molecule has 152 valence electrons. The predicted molar refractivity (Wildman–Crippen MR) is 109 cm³/mol. The van der Waals surface area contributed by atoms with Gasteiger partial charge in [0.05, 0.1) is 18.5 Å². The molecule has 1 aliphatic carbocycles. The van der Waals surface area contributed by atoms with Gasteiger partial charge in [-0.2, -0.15) is 0 Å². The number of rotatable bonds is 4. The highest BCUT2D eigenvalue weighted by Gasteiger charge is 2.26. The van der Waals surface area contributed by atoms with E-state index in [-0.39, 0.29) is 14.8 Å². The summed E-state index contributed by atoms with van der Waals surface area (Å²) in [5, 5.41) is 7.40. The summed E-state index contributed by atoms with van der Waals surface area (Å²) >= 11 is 0. The van der Waals surface area contributed by atoms with E-state index in [4.69, 9.17) is 0 Å². The molecule has 0 unspecified atom stereocenters. The Morgan fingerprint density at radius 3 is 2.68 bits per heavy atom. The third-order valence-electron chi connectivity index (χ3n) is 5.26. The van der Waals surface area contributed by atoms with Gasteiger partial charge in [-0.3, -0.25) is 9.59 Å². The van der Waals surface area contributed by atoms with E-state index in [2.05, 4.69) is 15.6 Å². The summed E-state index contributed by atoms with van der Waals surface area (Å²) in [4.78, 5) is 28.2. The fraction of sp³-hybridized carbons (Fsp3) is 0.333. The van der Waals surface area contributed by atoms with E-state index < -0.39 is 29.5 Å². The van der Waals surface area contributed by atoms with Crippen LogP contribution < -0.4 is 26.8 Å². The zero-order chi connectivity index (χ0) is 20.6. The topological polar surface area (TPSA) is 74.0 Å². The lowest BCUT2D eigenvalue weighted by molar-refractivity contribution is -0.122. The van der Waals surface area contributed by atoms with Crippen molar-refractivity contribution in [3.63, 3.8) is 0 Å². The monoisotopic (exact) mass is 391 g/mol. The number of amides is 1. The minimum absolute atomic E-state index is 0. The van der Waals surface area contributed by atoms with Crippen LogP contribution >= 0.6 is 0 Å². The van der Waals surface area contributed by atoms with Crippen LogP contribution in [0.25, 0.3) is 11.8 Å². The number of allylic oxidation sites excluding steroid dienone is 3. The maximum atomic E-state index is 14.0. The summed E-state index contributed by atoms with van der Waals surface area (Å²) in [5.41, 5.74) is 1.96. The Labute approximate surface area is 164 Å². The van der Waals surface area contributed by atoms with Crippen LogP contribution in [0.1, 0.15) is 47.1 Å². The van der Waals surface area contributed by atoms with Crippen molar-refractivity contribution in [3.8, 4) is 0 Å². The lowest BCUT2D eigenvalue weighted by atomic mass is 9.93. The van der Waals surface area contributed by atoms with Gasteiger partial charge in [-0.1, -0.05) is 0 Å². The fourth-order valence-corrected chi connectivity index (χ4v) is 3.73. The van der Waals surface area contributed by atoms with E-state index in [1.807, 2.05) is 13.8 Å². The van der Waals surface area contributed by atoms with Crippen LogP contribution in [0.4, 0.5) is 8.78 Å². The van der Waals surface area contributed by atoms with E-state index in [9.17, 15) is 18.4 Å². The Balaban J connectivity index is 0.00000225. The SMILES string of the molecule is CC1=c2c(C)c([C@@H](C)C(=O)N[C@@H](C)C3=C(F)C=C(F)[CH]C3)c(=O)[nH]c2=C[CH]N1.[HH].[HH]. The molecule has 0 saturated carbocycles. The molecule has 7 heteroatoms. The van der Waals surface area contributed by atoms with Gasteiger partial charge in [-0.05, 0) is 51.3 Å². The molecule has 3 rings (SSSR count). The van der Waals surface area contributed by atoms with Gasteiger partial charge in [0.25, 0.3) is 5.56 Å². The highest BCUT2D eigenvalue weighted by molar-refractivity contribution is 5.84. The van der Waals surface area contributed by atoms with Crippen LogP contribution in [0.2, 0.25) is 0 Å². The number of carbonyl (C=O) groups excluding carboxylic acids is 1. The molecule has 2 radical (unpaired) electrons. The average molecular weight is 391 g/mol. The molecule has 0 spiro atoms. The molecule has 0 fully saturated rings. The Hall–Kier alpha value is -2.70. The molecule has 0 bridgehead atoms. The lowest BCUT2D eigenvalue weighted by Gasteiger charge is -2.23. The van der Waals surface area contributed by atoms with Gasteiger partial charge >= 0.3 is 0 Å². The number of hydrogen-bond donors (Lipinski definition) is 3. The third-order valence-corrected chi connectivity index (χ3v) is 5.26. The fourth-order valence-electron chi connectivity index (χ4n) is 3.73. The number of H-pyrrole nitrogens is 1. The summed E-state index contributed by atoms with van der Waals surface area (Å²) in [6.45, 7) is 8.73. The molecule has 2 atom stereocenters. The van der Waals surface area contributed by atoms with Gasteiger partial charge in [0.2, 0.25) is 5.91 Å². The number of nitrogens with one attached hydrogen (secondary N) is 3. The number of carbonyl (C=O) groups is 1. The molecule has 1 aromatic heterocycles. The molecule has 0 aromatic carbocycles. The first-order chi connectivity index (χ1) is 13.2. The molecule has 5 nitrogen and oxygen atoms in total. The van der Waals surface area contributed by atoms with E-state index in [1.54, 1.807) is 26.5 Å². The van der Waals surface area contributed by atoms with Crippen LogP contribution in [0.3, 0.4) is 0 Å². The smallest absolute Gasteiger partial charge is 0.252 e. The summed E-state index contributed by atoms with van der Waals surface area (Å²) in [6, 6.07) is -0.620. The molecule has 2 aliphatic rings. The quantitative estimate of drug-likeness (QED) is 0.736. The Morgan fingerprint density at radius 1 is 1.29 bits per heavy atom. The van der Waals surface area contributed by atoms with Crippen molar-refractivity contribution < 1.29 is 16.4 Å². The second-order valence-electron chi connectivity index (χ2n) is 7.15. The maximum Gasteiger partial charge on any atom is 0.252 e. The minimum Gasteiger partial charge on any atom is -0.379 e. The van der Waals surface area contributed by atoms with E-state index in [0.717, 1.165) is 22.6 Å². The molecular weight excluding hydrogens is 364 g/mol. The standard InChI is InChI=1S/C21H23F2N3O2.2H2/c1-10-18(21(28)26-17-7-8-24-13(4)19(10)17)11(2)20(27)25-12(3)15-6-5-14(22)9-16(15)23;;/h5,7-9,11-12,24H,6H2,1-4H3,(H,25,27)(H,26,28);2*1H/t11-,12+;;/m1../s1. The van der Waals surface area contributed by atoms with E-state index in [1.165, 1.54) is 6.42 Å². The van der Waals surface area contributed by atoms with Crippen LogP contribution in [0, 0.1) is 19.9 Å². The van der Waals surface area contributed by atoms with Gasteiger partial charge < -0.3 is 15.6 Å². The molecule has 28 heavy (non-hydrogen) atoms. The van der Waals surface area contributed by atoms with Crippen molar-refractivity contribution in [1.82, 2.24) is 15.6 Å². The first kappa shape index (κ1) is 20.0. The van der Waals surface area contributed by atoms with Gasteiger partial charge in [-0.25, -0.2) is 8.78 Å². The summed E-state index contributed by atoms with van der Waals surface area (Å²) < 4.78 is 27.1. The van der Waals surface area contributed by atoms with Gasteiger partial charge in [0.15, 0.2) is 0 Å². The number of fused-ring (bicyclic) bond motifs is 1. The first-order valence-electron chi connectivity index (χ1n) is 9.13. The normalized spacial score (nSPS) is 18.5. The zero-order valence-corrected chi connectivity index (χ0v) is 16.2. The maximum absolute atomic E-state index is 14.0. The van der Waals surface area contributed by atoms with Crippen LogP contribution in [-0.4, -0.2) is 16.9 Å². The summed E-state index contributed by atoms with van der Waals surface area (Å²) in [7, 11) is 0. The summed E-state index contributed by atoms with van der Waals surface area (Å²) in [5.74, 6) is -2.43. The third kappa shape index (κ3) is 3.66. The highest BCUT2D eigenvalue weighted by atomic mass is 19.1. The van der Waals surface area contributed by atoms with Crippen molar-refractivity contribution >= 4 is 17.7 Å². The number of aromatic nitrogens is 1. The van der Waals surface area contributed by atoms with Gasteiger partial charge in [0.1, 0.15) is 11.7 Å². The number of aromatic amines is 1. The molecule has 1 amide bonds. The van der Waals surface area contributed by atoms with E-state index in [0.29, 0.717) is 16.5 Å². The molecule has 0 saturated heterocycles. The Bertz CT molecular complexity index is 1080. The first-order valence-corrected chi connectivity index (χ1v) is 9.13. The summed E-state index contributed by atoms with van der Waals surface area (Å²) in [6.07, 6.45) is 3.94. The average Bonchev–Trinajstić information content (AvgIpc) is 2.61. The second-order valence-corrected chi connectivity index (χ2v) is 7.15. The number of pyridine rings is 1. The van der Waals surface area contributed by atoms with Crippen molar-refractivity contribution in [2.75, 3.05) is 0 Å². The number of hydrogen-bond acceptors (Lipinski definition) is 3. The van der Waals surface area contributed by atoms with Crippen molar-refractivity contribution in [1.29, 1.82) is 0 Å². The lowest BCUT2D eigenvalue weighted by Crippen LogP contribution is -2.46. The minimum atomic E-state index is -0.737. The predicted octanol–water partition coefficient (Wildman–Crippen LogP) is 2.14. The van der Waals surface area contributed by atoms with Gasteiger partial charge in [-0.15, -0.1) is 0 Å². The van der Waals surface area contributed by atoms with Crippen LogP contribution in [-0.2, 0) is 4.79 Å². The molecular formula is C21H27F2N3O2. The van der Waals surface area contributed by atoms with E-state index >= 15 is 0 Å². The molecule has 2 heterocycles.